The van der Waals surface area contributed by atoms with Crippen LogP contribution in [0, 0.1) is 5.92 Å². The first-order chi connectivity index (χ1) is 7.56. The van der Waals surface area contributed by atoms with Crippen molar-refractivity contribution in [3.8, 4) is 0 Å². The van der Waals surface area contributed by atoms with Crippen LogP contribution >= 0.6 is 0 Å². The van der Waals surface area contributed by atoms with E-state index >= 15 is 0 Å². The molecule has 0 radical (unpaired) electrons. The molecular weight excluding hydrogens is 196 g/mol. The van der Waals surface area contributed by atoms with Gasteiger partial charge in [-0.05, 0) is 18.8 Å². The minimum absolute atomic E-state index is 0.575. The summed E-state index contributed by atoms with van der Waals surface area (Å²) in [6, 6.07) is 2.04. The molecule has 94 valence electrons. The minimum atomic E-state index is 0.575. The fraction of sp³-hybridized carbons (Fsp3) is 0.857. The first kappa shape index (κ1) is 13.7. The Labute approximate surface area is 101 Å². The van der Waals surface area contributed by atoms with Gasteiger partial charge in [-0.15, -0.1) is 6.58 Å². The molecule has 0 heterocycles. The maximum atomic E-state index is 3.89. The van der Waals surface area contributed by atoms with Gasteiger partial charge in [-0.25, -0.2) is 0 Å². The van der Waals surface area contributed by atoms with E-state index in [0.29, 0.717) is 18.0 Å². The Hall–Kier alpha value is -0.340. The van der Waals surface area contributed by atoms with Gasteiger partial charge in [0, 0.05) is 31.2 Å². The van der Waals surface area contributed by atoms with Crippen LogP contribution in [-0.4, -0.2) is 36.1 Å². The van der Waals surface area contributed by atoms with Gasteiger partial charge in [0.25, 0.3) is 0 Å². The third-order valence-electron chi connectivity index (χ3n) is 3.29. The Morgan fingerprint density at radius 2 is 1.94 bits per heavy atom. The molecule has 0 aliphatic heterocycles. The summed E-state index contributed by atoms with van der Waals surface area (Å²) in [5.74, 6) is 0.701. The van der Waals surface area contributed by atoms with E-state index < -0.39 is 0 Å². The summed E-state index contributed by atoms with van der Waals surface area (Å²) in [7, 11) is 0. The van der Waals surface area contributed by atoms with Crippen LogP contribution < -0.4 is 5.32 Å². The molecule has 1 saturated carbocycles. The number of nitrogens with zero attached hydrogens (tertiary/aromatic N) is 1. The average Bonchev–Trinajstić information content (AvgIpc) is 2.98. The van der Waals surface area contributed by atoms with Crippen LogP contribution in [0.15, 0.2) is 12.7 Å². The van der Waals surface area contributed by atoms with Crippen molar-refractivity contribution in [3.05, 3.63) is 12.7 Å². The van der Waals surface area contributed by atoms with E-state index in [4.69, 9.17) is 0 Å². The second-order valence-corrected chi connectivity index (χ2v) is 5.59. The first-order valence-electron chi connectivity index (χ1n) is 6.66. The highest BCUT2D eigenvalue weighted by molar-refractivity contribution is 4.93. The van der Waals surface area contributed by atoms with Crippen LogP contribution in [0.25, 0.3) is 0 Å². The Bertz CT molecular complexity index is 207. The summed E-state index contributed by atoms with van der Waals surface area (Å²) in [4.78, 5) is 2.63. The van der Waals surface area contributed by atoms with Crippen LogP contribution in [-0.2, 0) is 0 Å². The third-order valence-corrected chi connectivity index (χ3v) is 3.29. The standard InChI is InChI=1S/C14H28N2/c1-6-9-16(13-7-8-13)14(11(2)3)10-15-12(4)5/h6,11-15H,1,7-10H2,2-5H3. The molecule has 0 spiro atoms. The SMILES string of the molecule is C=CCN(C1CC1)C(CNC(C)C)C(C)C. The van der Waals surface area contributed by atoms with Crippen molar-refractivity contribution in [2.24, 2.45) is 5.92 Å². The Balaban J connectivity index is 2.53. The lowest BCUT2D eigenvalue weighted by molar-refractivity contribution is 0.156. The van der Waals surface area contributed by atoms with Gasteiger partial charge < -0.3 is 5.32 Å². The van der Waals surface area contributed by atoms with Crippen LogP contribution in [0.5, 0.6) is 0 Å². The number of rotatable bonds is 8. The summed E-state index contributed by atoms with van der Waals surface area (Å²) in [6.07, 6.45) is 4.79. The molecule has 0 bridgehead atoms. The molecule has 1 fully saturated rings. The zero-order valence-electron chi connectivity index (χ0n) is 11.4. The van der Waals surface area contributed by atoms with Crippen molar-refractivity contribution < 1.29 is 0 Å². The summed E-state index contributed by atoms with van der Waals surface area (Å²) >= 11 is 0. The van der Waals surface area contributed by atoms with E-state index in [1.807, 2.05) is 6.08 Å². The minimum Gasteiger partial charge on any atom is -0.313 e. The quantitative estimate of drug-likeness (QED) is 0.638. The molecule has 1 atom stereocenters. The van der Waals surface area contributed by atoms with Crippen LogP contribution in [0.3, 0.4) is 0 Å². The maximum Gasteiger partial charge on any atom is 0.0249 e. The second-order valence-electron chi connectivity index (χ2n) is 5.59. The molecule has 0 aromatic heterocycles. The number of nitrogens with one attached hydrogen (secondary N) is 1. The summed E-state index contributed by atoms with van der Waals surface area (Å²) in [5.41, 5.74) is 0. The fourth-order valence-corrected chi connectivity index (χ4v) is 2.20. The van der Waals surface area contributed by atoms with Gasteiger partial charge in [-0.2, -0.15) is 0 Å². The fourth-order valence-electron chi connectivity index (χ4n) is 2.20. The van der Waals surface area contributed by atoms with Crippen LogP contribution in [0.4, 0.5) is 0 Å². The molecule has 2 nitrogen and oxygen atoms in total. The molecular formula is C14H28N2. The Morgan fingerprint density at radius 3 is 2.31 bits per heavy atom. The van der Waals surface area contributed by atoms with E-state index in [1.54, 1.807) is 0 Å². The molecule has 0 aromatic rings. The molecule has 0 aromatic carbocycles. The summed E-state index contributed by atoms with van der Waals surface area (Å²) < 4.78 is 0. The molecule has 1 aliphatic carbocycles. The second kappa shape index (κ2) is 6.41. The number of hydrogen-bond acceptors (Lipinski definition) is 2. The lowest BCUT2D eigenvalue weighted by Gasteiger charge is -2.34. The maximum absolute atomic E-state index is 3.89. The molecule has 16 heavy (non-hydrogen) atoms. The zero-order valence-corrected chi connectivity index (χ0v) is 11.4. The van der Waals surface area contributed by atoms with Crippen molar-refractivity contribution in [3.63, 3.8) is 0 Å². The Kier molecular flexibility index (Phi) is 5.50. The van der Waals surface area contributed by atoms with E-state index in [2.05, 4.69) is 44.5 Å². The molecule has 1 N–H and O–H groups in total. The molecule has 1 unspecified atom stereocenters. The molecule has 1 rings (SSSR count). The highest BCUT2D eigenvalue weighted by Crippen LogP contribution is 2.30. The van der Waals surface area contributed by atoms with Crippen molar-refractivity contribution in [2.45, 2.75) is 58.7 Å². The normalized spacial score (nSPS) is 18.4. The summed E-state index contributed by atoms with van der Waals surface area (Å²) in [5, 5.41) is 3.57. The third kappa shape index (κ3) is 4.26. The van der Waals surface area contributed by atoms with Gasteiger partial charge in [-0.3, -0.25) is 4.90 Å². The van der Waals surface area contributed by atoms with Crippen LogP contribution in [0.2, 0.25) is 0 Å². The van der Waals surface area contributed by atoms with Crippen LogP contribution in [0.1, 0.15) is 40.5 Å². The van der Waals surface area contributed by atoms with Gasteiger partial charge in [-0.1, -0.05) is 33.8 Å². The highest BCUT2D eigenvalue weighted by atomic mass is 15.2. The van der Waals surface area contributed by atoms with E-state index in [9.17, 15) is 0 Å². The molecule has 1 aliphatic rings. The monoisotopic (exact) mass is 224 g/mol. The smallest absolute Gasteiger partial charge is 0.0249 e. The van der Waals surface area contributed by atoms with Gasteiger partial charge in [0.1, 0.15) is 0 Å². The topological polar surface area (TPSA) is 15.3 Å². The molecule has 0 saturated heterocycles. The van der Waals surface area contributed by atoms with E-state index in [0.717, 1.165) is 19.1 Å². The van der Waals surface area contributed by atoms with Crippen molar-refractivity contribution in [2.75, 3.05) is 13.1 Å². The predicted octanol–water partition coefficient (Wildman–Crippen LogP) is 2.66. The van der Waals surface area contributed by atoms with Crippen molar-refractivity contribution >= 4 is 0 Å². The lowest BCUT2D eigenvalue weighted by atomic mass is 10.0. The van der Waals surface area contributed by atoms with Crippen molar-refractivity contribution in [1.82, 2.24) is 10.2 Å². The number of hydrogen-bond donors (Lipinski definition) is 1. The summed E-state index contributed by atoms with van der Waals surface area (Å²) in [6.45, 7) is 15.1. The zero-order chi connectivity index (χ0) is 12.1. The first-order valence-corrected chi connectivity index (χ1v) is 6.66. The molecule has 2 heteroatoms. The largest absolute Gasteiger partial charge is 0.313 e. The van der Waals surface area contributed by atoms with Gasteiger partial charge in [0.2, 0.25) is 0 Å². The average molecular weight is 224 g/mol. The van der Waals surface area contributed by atoms with Gasteiger partial charge in [0.15, 0.2) is 0 Å². The molecule has 0 amide bonds. The van der Waals surface area contributed by atoms with Gasteiger partial charge in [0.05, 0.1) is 0 Å². The van der Waals surface area contributed by atoms with E-state index in [1.165, 1.54) is 12.8 Å². The highest BCUT2D eigenvalue weighted by Gasteiger charge is 2.34. The van der Waals surface area contributed by atoms with Gasteiger partial charge >= 0.3 is 0 Å². The van der Waals surface area contributed by atoms with Crippen molar-refractivity contribution in [1.29, 1.82) is 0 Å². The van der Waals surface area contributed by atoms with E-state index in [-0.39, 0.29) is 0 Å². The predicted molar refractivity (Wildman–Crippen MR) is 71.7 cm³/mol. The lowest BCUT2D eigenvalue weighted by Crippen LogP contribution is -2.48. The Morgan fingerprint density at radius 1 is 1.31 bits per heavy atom.